The molecule has 11 heavy (non-hydrogen) atoms. The minimum atomic E-state index is 0.665. The summed E-state index contributed by atoms with van der Waals surface area (Å²) in [5, 5.41) is 3.43. The Bertz CT molecular complexity index is 106. The second-order valence-corrected chi connectivity index (χ2v) is 3.46. The van der Waals surface area contributed by atoms with Crippen LogP contribution in [-0.4, -0.2) is 43.7 Å². The highest BCUT2D eigenvalue weighted by Gasteiger charge is 2.24. The summed E-state index contributed by atoms with van der Waals surface area (Å²) in [6.07, 6.45) is 1.26. The van der Waals surface area contributed by atoms with Gasteiger partial charge in [0.1, 0.15) is 0 Å². The normalized spacial score (nSPS) is 33.0. The second-order valence-electron chi connectivity index (χ2n) is 3.46. The van der Waals surface area contributed by atoms with E-state index in [0.717, 1.165) is 19.1 Å². The summed E-state index contributed by atoms with van der Waals surface area (Å²) in [7, 11) is 2.18. The third-order valence-corrected chi connectivity index (χ3v) is 2.46. The van der Waals surface area contributed by atoms with Crippen molar-refractivity contribution in [2.24, 2.45) is 5.73 Å². The SMILES string of the molecule is CC1CC(NCCN)CN1C. The number of nitrogens with two attached hydrogens (primary N) is 1. The maximum atomic E-state index is 5.40. The third kappa shape index (κ3) is 2.43. The van der Waals surface area contributed by atoms with Crippen molar-refractivity contribution in [1.82, 2.24) is 10.2 Å². The zero-order valence-electron chi connectivity index (χ0n) is 7.51. The van der Waals surface area contributed by atoms with Gasteiger partial charge in [0.15, 0.2) is 0 Å². The molecule has 0 spiro atoms. The number of rotatable bonds is 3. The zero-order chi connectivity index (χ0) is 8.27. The molecule has 3 nitrogen and oxygen atoms in total. The van der Waals surface area contributed by atoms with Crippen molar-refractivity contribution in [1.29, 1.82) is 0 Å². The van der Waals surface area contributed by atoms with Crippen LogP contribution < -0.4 is 11.1 Å². The molecule has 0 aromatic rings. The van der Waals surface area contributed by atoms with Crippen LogP contribution in [0.2, 0.25) is 0 Å². The lowest BCUT2D eigenvalue weighted by atomic mass is 10.2. The minimum absolute atomic E-state index is 0.665. The standard InChI is InChI=1S/C8H19N3/c1-7-5-8(6-11(7)2)10-4-3-9/h7-8,10H,3-6,9H2,1-2H3. The first-order valence-electron chi connectivity index (χ1n) is 4.37. The summed E-state index contributed by atoms with van der Waals surface area (Å²) < 4.78 is 0. The van der Waals surface area contributed by atoms with E-state index in [2.05, 4.69) is 24.2 Å². The van der Waals surface area contributed by atoms with Gasteiger partial charge >= 0.3 is 0 Å². The number of hydrogen-bond acceptors (Lipinski definition) is 3. The van der Waals surface area contributed by atoms with Crippen LogP contribution in [-0.2, 0) is 0 Å². The monoisotopic (exact) mass is 157 g/mol. The van der Waals surface area contributed by atoms with E-state index in [-0.39, 0.29) is 0 Å². The Hall–Kier alpha value is -0.120. The highest BCUT2D eigenvalue weighted by molar-refractivity contribution is 4.84. The number of likely N-dealkylation sites (tertiary alicyclic amines) is 1. The topological polar surface area (TPSA) is 41.3 Å². The van der Waals surface area contributed by atoms with Crippen LogP contribution in [0.3, 0.4) is 0 Å². The van der Waals surface area contributed by atoms with Crippen LogP contribution in [0, 0.1) is 0 Å². The van der Waals surface area contributed by atoms with Crippen LogP contribution in [0.15, 0.2) is 0 Å². The van der Waals surface area contributed by atoms with E-state index in [9.17, 15) is 0 Å². The molecule has 2 unspecified atom stereocenters. The van der Waals surface area contributed by atoms with Crippen molar-refractivity contribution >= 4 is 0 Å². The molecule has 0 aliphatic carbocycles. The predicted octanol–water partition coefficient (Wildman–Crippen LogP) is -0.373. The Labute approximate surface area is 68.9 Å². The minimum Gasteiger partial charge on any atom is -0.329 e. The highest BCUT2D eigenvalue weighted by Crippen LogP contribution is 2.14. The van der Waals surface area contributed by atoms with Crippen molar-refractivity contribution in [2.75, 3.05) is 26.7 Å². The molecule has 1 fully saturated rings. The van der Waals surface area contributed by atoms with Crippen molar-refractivity contribution in [3.8, 4) is 0 Å². The lowest BCUT2D eigenvalue weighted by Crippen LogP contribution is -2.34. The predicted molar refractivity (Wildman–Crippen MR) is 47.6 cm³/mol. The molecule has 0 saturated carbocycles. The van der Waals surface area contributed by atoms with Crippen LogP contribution in [0.25, 0.3) is 0 Å². The molecule has 66 valence electrons. The Morgan fingerprint density at radius 1 is 1.64 bits per heavy atom. The number of likely N-dealkylation sites (N-methyl/N-ethyl adjacent to an activating group) is 1. The van der Waals surface area contributed by atoms with E-state index in [1.807, 2.05) is 0 Å². The van der Waals surface area contributed by atoms with E-state index in [0.29, 0.717) is 6.04 Å². The first kappa shape index (κ1) is 8.97. The summed E-state index contributed by atoms with van der Waals surface area (Å²) >= 11 is 0. The van der Waals surface area contributed by atoms with Crippen LogP contribution in [0.1, 0.15) is 13.3 Å². The van der Waals surface area contributed by atoms with Gasteiger partial charge in [0.25, 0.3) is 0 Å². The van der Waals surface area contributed by atoms with Gasteiger partial charge in [-0.25, -0.2) is 0 Å². The van der Waals surface area contributed by atoms with Gasteiger partial charge in [-0.1, -0.05) is 0 Å². The molecule has 1 aliphatic heterocycles. The molecule has 1 aliphatic rings. The molecule has 0 aromatic heterocycles. The molecule has 1 heterocycles. The smallest absolute Gasteiger partial charge is 0.0210 e. The van der Waals surface area contributed by atoms with Crippen molar-refractivity contribution < 1.29 is 0 Å². The Morgan fingerprint density at radius 2 is 2.36 bits per heavy atom. The van der Waals surface area contributed by atoms with Crippen molar-refractivity contribution in [3.05, 3.63) is 0 Å². The van der Waals surface area contributed by atoms with Crippen molar-refractivity contribution in [2.45, 2.75) is 25.4 Å². The zero-order valence-corrected chi connectivity index (χ0v) is 7.51. The van der Waals surface area contributed by atoms with Gasteiger partial charge < -0.3 is 16.0 Å². The first-order valence-corrected chi connectivity index (χ1v) is 4.37. The van der Waals surface area contributed by atoms with E-state index < -0.39 is 0 Å². The van der Waals surface area contributed by atoms with E-state index in [1.165, 1.54) is 13.0 Å². The molecule has 2 atom stereocenters. The number of hydrogen-bond donors (Lipinski definition) is 2. The highest BCUT2D eigenvalue weighted by atomic mass is 15.2. The molecule has 0 bridgehead atoms. The molecule has 0 amide bonds. The average molecular weight is 157 g/mol. The molecular weight excluding hydrogens is 138 g/mol. The lowest BCUT2D eigenvalue weighted by molar-refractivity contribution is 0.327. The quantitative estimate of drug-likeness (QED) is 0.587. The molecule has 0 radical (unpaired) electrons. The average Bonchev–Trinajstić information content (AvgIpc) is 2.28. The van der Waals surface area contributed by atoms with Gasteiger partial charge in [0.2, 0.25) is 0 Å². The largest absolute Gasteiger partial charge is 0.329 e. The Morgan fingerprint density at radius 3 is 2.82 bits per heavy atom. The van der Waals surface area contributed by atoms with E-state index in [4.69, 9.17) is 5.73 Å². The first-order chi connectivity index (χ1) is 5.24. The third-order valence-electron chi connectivity index (χ3n) is 2.46. The molecular formula is C8H19N3. The molecule has 1 saturated heterocycles. The van der Waals surface area contributed by atoms with Gasteiger partial charge in [-0.2, -0.15) is 0 Å². The molecule has 1 rings (SSSR count). The second kappa shape index (κ2) is 4.04. The molecule has 3 heteroatoms. The van der Waals surface area contributed by atoms with E-state index >= 15 is 0 Å². The summed E-state index contributed by atoms with van der Waals surface area (Å²) in [6, 6.07) is 1.39. The summed E-state index contributed by atoms with van der Waals surface area (Å²) in [6.45, 7) is 5.13. The van der Waals surface area contributed by atoms with Gasteiger partial charge in [0, 0.05) is 31.7 Å². The van der Waals surface area contributed by atoms with Gasteiger partial charge in [-0.15, -0.1) is 0 Å². The van der Waals surface area contributed by atoms with Crippen molar-refractivity contribution in [3.63, 3.8) is 0 Å². The number of nitrogens with zero attached hydrogens (tertiary/aromatic N) is 1. The van der Waals surface area contributed by atoms with Crippen LogP contribution in [0.4, 0.5) is 0 Å². The van der Waals surface area contributed by atoms with E-state index in [1.54, 1.807) is 0 Å². The lowest BCUT2D eigenvalue weighted by Gasteiger charge is -2.12. The Balaban J connectivity index is 2.18. The number of nitrogens with one attached hydrogen (secondary N) is 1. The summed E-state index contributed by atoms with van der Waals surface area (Å²) in [5.74, 6) is 0. The van der Waals surface area contributed by atoms with Crippen LogP contribution >= 0.6 is 0 Å². The van der Waals surface area contributed by atoms with Gasteiger partial charge in [-0.05, 0) is 20.4 Å². The van der Waals surface area contributed by atoms with Gasteiger partial charge in [0.05, 0.1) is 0 Å². The maximum Gasteiger partial charge on any atom is 0.0210 e. The van der Waals surface area contributed by atoms with Crippen LogP contribution in [0.5, 0.6) is 0 Å². The fraction of sp³-hybridized carbons (Fsp3) is 1.00. The Kier molecular flexibility index (Phi) is 3.30. The maximum absolute atomic E-state index is 5.40. The molecule has 3 N–H and O–H groups in total. The summed E-state index contributed by atoms with van der Waals surface area (Å²) in [4.78, 5) is 2.38. The fourth-order valence-electron chi connectivity index (χ4n) is 1.63. The fourth-order valence-corrected chi connectivity index (χ4v) is 1.63. The summed E-state index contributed by atoms with van der Waals surface area (Å²) in [5.41, 5.74) is 5.40. The molecule has 0 aromatic carbocycles. The van der Waals surface area contributed by atoms with Gasteiger partial charge in [-0.3, -0.25) is 0 Å².